The molecule has 0 fully saturated rings. The monoisotopic (exact) mass is 212 g/mol. The van der Waals surface area contributed by atoms with E-state index in [2.05, 4.69) is 9.40 Å². The summed E-state index contributed by atoms with van der Waals surface area (Å²) < 4.78 is 41.1. The van der Waals surface area contributed by atoms with Gasteiger partial charge in [-0.3, -0.25) is 0 Å². The summed E-state index contributed by atoms with van der Waals surface area (Å²) in [5, 5.41) is -1.68. The van der Waals surface area contributed by atoms with E-state index in [-0.39, 0.29) is 5.22 Å². The molecule has 13 heavy (non-hydrogen) atoms. The van der Waals surface area contributed by atoms with Crippen molar-refractivity contribution in [3.05, 3.63) is 12.5 Å². The number of nitrogens with zero attached hydrogens (tertiary/aromatic N) is 1. The lowest BCUT2D eigenvalue weighted by atomic mass is 10.4. The van der Waals surface area contributed by atoms with Crippen LogP contribution in [0.15, 0.2) is 22.1 Å². The van der Waals surface area contributed by atoms with E-state index in [1.807, 2.05) is 0 Å². The van der Waals surface area contributed by atoms with Crippen LogP contribution in [0.2, 0.25) is 0 Å². The van der Waals surface area contributed by atoms with E-state index in [0.717, 1.165) is 0 Å². The molecule has 0 saturated heterocycles. The van der Waals surface area contributed by atoms with Gasteiger partial charge in [0.1, 0.15) is 11.5 Å². The summed E-state index contributed by atoms with van der Waals surface area (Å²) in [6.07, 6.45) is -1.83. The fourth-order valence-corrected chi connectivity index (χ4v) is 1.34. The average molecular weight is 212 g/mol. The standard InChI is InChI=1S/C6H7F3N2OS/c7-6(8,9)4(3-10)13-5-11-1-2-12-5/h1-2,4H,3,10H2. The Bertz CT molecular complexity index is 249. The zero-order chi connectivity index (χ0) is 9.90. The molecule has 0 bridgehead atoms. The Balaban J connectivity index is 2.60. The molecule has 1 rings (SSSR count). The highest BCUT2D eigenvalue weighted by molar-refractivity contribution is 7.99. The van der Waals surface area contributed by atoms with Gasteiger partial charge in [0.05, 0.1) is 6.20 Å². The number of thioether (sulfide) groups is 1. The van der Waals surface area contributed by atoms with Gasteiger partial charge >= 0.3 is 6.18 Å². The SMILES string of the molecule is NCC(Sc1ncco1)C(F)(F)F. The Morgan fingerprint density at radius 3 is 2.69 bits per heavy atom. The highest BCUT2D eigenvalue weighted by Gasteiger charge is 2.40. The van der Waals surface area contributed by atoms with Gasteiger partial charge in [-0.05, 0) is 0 Å². The van der Waals surface area contributed by atoms with Crippen molar-refractivity contribution in [1.29, 1.82) is 0 Å². The minimum Gasteiger partial charge on any atom is -0.440 e. The summed E-state index contributed by atoms with van der Waals surface area (Å²) in [7, 11) is 0. The van der Waals surface area contributed by atoms with Gasteiger partial charge < -0.3 is 10.2 Å². The Hall–Kier alpha value is -0.690. The largest absolute Gasteiger partial charge is 0.440 e. The van der Waals surface area contributed by atoms with E-state index in [9.17, 15) is 13.2 Å². The first kappa shape index (κ1) is 10.4. The quantitative estimate of drug-likeness (QED) is 0.774. The Kier molecular flexibility index (Phi) is 3.21. The van der Waals surface area contributed by atoms with Crippen molar-refractivity contribution in [2.45, 2.75) is 16.6 Å². The van der Waals surface area contributed by atoms with Crippen LogP contribution in [0.3, 0.4) is 0 Å². The number of rotatable bonds is 3. The number of nitrogens with two attached hydrogens (primary N) is 1. The van der Waals surface area contributed by atoms with Crippen LogP contribution in [-0.2, 0) is 0 Å². The number of aromatic nitrogens is 1. The molecule has 1 heterocycles. The minimum absolute atomic E-state index is 0.0206. The molecule has 1 aromatic rings. The van der Waals surface area contributed by atoms with Gasteiger partial charge in [-0.15, -0.1) is 0 Å². The minimum atomic E-state index is -4.33. The maximum atomic E-state index is 12.1. The smallest absolute Gasteiger partial charge is 0.402 e. The van der Waals surface area contributed by atoms with Crippen LogP contribution >= 0.6 is 11.8 Å². The summed E-state index contributed by atoms with van der Waals surface area (Å²) in [6.45, 7) is -0.490. The normalized spacial score (nSPS) is 14.5. The van der Waals surface area contributed by atoms with Crippen LogP contribution < -0.4 is 5.73 Å². The van der Waals surface area contributed by atoms with E-state index < -0.39 is 18.0 Å². The van der Waals surface area contributed by atoms with E-state index in [1.54, 1.807) is 0 Å². The van der Waals surface area contributed by atoms with Crippen molar-refractivity contribution in [3.63, 3.8) is 0 Å². The van der Waals surface area contributed by atoms with Crippen LogP contribution in [0.1, 0.15) is 0 Å². The number of hydrogen-bond acceptors (Lipinski definition) is 4. The van der Waals surface area contributed by atoms with Crippen LogP contribution in [0.4, 0.5) is 13.2 Å². The molecule has 7 heteroatoms. The zero-order valence-corrected chi connectivity index (χ0v) is 7.23. The van der Waals surface area contributed by atoms with Crippen molar-refractivity contribution < 1.29 is 17.6 Å². The predicted molar refractivity (Wildman–Crippen MR) is 41.3 cm³/mol. The van der Waals surface area contributed by atoms with Gasteiger partial charge in [0.25, 0.3) is 5.22 Å². The summed E-state index contributed by atoms with van der Waals surface area (Å²) >= 11 is 0.475. The summed E-state index contributed by atoms with van der Waals surface area (Å²) in [6, 6.07) is 0. The van der Waals surface area contributed by atoms with E-state index in [4.69, 9.17) is 5.73 Å². The average Bonchev–Trinajstić information content (AvgIpc) is 2.49. The van der Waals surface area contributed by atoms with Gasteiger partial charge in [0, 0.05) is 6.54 Å². The van der Waals surface area contributed by atoms with Crippen LogP contribution in [0, 0.1) is 0 Å². The molecule has 1 aromatic heterocycles. The molecule has 0 amide bonds. The summed E-state index contributed by atoms with van der Waals surface area (Å²) in [4.78, 5) is 3.56. The zero-order valence-electron chi connectivity index (χ0n) is 6.41. The Morgan fingerprint density at radius 1 is 1.62 bits per heavy atom. The Morgan fingerprint density at radius 2 is 2.31 bits per heavy atom. The fourth-order valence-electron chi connectivity index (χ4n) is 0.639. The number of hydrogen-bond donors (Lipinski definition) is 1. The molecular formula is C6H7F3N2OS. The number of halogens is 3. The maximum Gasteiger partial charge on any atom is 0.402 e. The molecule has 0 aliphatic rings. The second-order valence-corrected chi connectivity index (χ2v) is 3.34. The van der Waals surface area contributed by atoms with Crippen molar-refractivity contribution >= 4 is 11.8 Å². The summed E-state index contributed by atoms with van der Waals surface area (Å²) in [5.74, 6) is 0. The van der Waals surface area contributed by atoms with Gasteiger partial charge in [0.15, 0.2) is 0 Å². The predicted octanol–water partition coefficient (Wildman–Crippen LogP) is 1.66. The molecule has 1 atom stereocenters. The van der Waals surface area contributed by atoms with Crippen molar-refractivity contribution in [3.8, 4) is 0 Å². The molecule has 0 aliphatic carbocycles. The third kappa shape index (κ3) is 2.92. The molecule has 1 unspecified atom stereocenters. The molecule has 0 radical (unpaired) electrons. The lowest BCUT2D eigenvalue weighted by Gasteiger charge is -2.15. The lowest BCUT2D eigenvalue weighted by Crippen LogP contribution is -2.32. The Labute approximate surface area is 76.5 Å². The molecule has 2 N–H and O–H groups in total. The van der Waals surface area contributed by atoms with E-state index in [1.165, 1.54) is 12.5 Å². The van der Waals surface area contributed by atoms with Crippen molar-refractivity contribution in [2.24, 2.45) is 5.73 Å². The van der Waals surface area contributed by atoms with Gasteiger partial charge in [0.2, 0.25) is 0 Å². The topological polar surface area (TPSA) is 52.0 Å². The molecular weight excluding hydrogens is 205 g/mol. The summed E-state index contributed by atoms with van der Waals surface area (Å²) in [5.41, 5.74) is 4.97. The van der Waals surface area contributed by atoms with Gasteiger partial charge in [-0.25, -0.2) is 4.98 Å². The first-order chi connectivity index (χ1) is 6.04. The molecule has 0 aromatic carbocycles. The maximum absolute atomic E-state index is 12.1. The highest BCUT2D eigenvalue weighted by atomic mass is 32.2. The number of alkyl halides is 3. The molecule has 3 nitrogen and oxygen atoms in total. The third-order valence-corrected chi connectivity index (χ3v) is 2.38. The van der Waals surface area contributed by atoms with E-state index in [0.29, 0.717) is 11.8 Å². The van der Waals surface area contributed by atoms with E-state index >= 15 is 0 Å². The van der Waals surface area contributed by atoms with Crippen molar-refractivity contribution in [2.75, 3.05) is 6.54 Å². The van der Waals surface area contributed by atoms with Gasteiger partial charge in [-0.1, -0.05) is 11.8 Å². The van der Waals surface area contributed by atoms with Gasteiger partial charge in [-0.2, -0.15) is 13.2 Å². The second-order valence-electron chi connectivity index (χ2n) is 2.18. The third-order valence-electron chi connectivity index (χ3n) is 1.23. The first-order valence-electron chi connectivity index (χ1n) is 3.37. The van der Waals surface area contributed by atoms with Crippen LogP contribution in [0.5, 0.6) is 0 Å². The molecule has 0 spiro atoms. The molecule has 0 aliphatic heterocycles. The molecule has 0 saturated carbocycles. The van der Waals surface area contributed by atoms with Crippen LogP contribution in [-0.4, -0.2) is 23.0 Å². The lowest BCUT2D eigenvalue weighted by molar-refractivity contribution is -0.126. The highest BCUT2D eigenvalue weighted by Crippen LogP contribution is 2.33. The molecule has 74 valence electrons. The number of oxazole rings is 1. The van der Waals surface area contributed by atoms with Crippen molar-refractivity contribution in [1.82, 2.24) is 4.98 Å². The second kappa shape index (κ2) is 4.01. The fraction of sp³-hybridized carbons (Fsp3) is 0.500. The van der Waals surface area contributed by atoms with Crippen LogP contribution in [0.25, 0.3) is 0 Å². The first-order valence-corrected chi connectivity index (χ1v) is 4.25.